The van der Waals surface area contributed by atoms with Crippen molar-refractivity contribution in [1.82, 2.24) is 0 Å². The molecule has 0 aliphatic heterocycles. The van der Waals surface area contributed by atoms with Crippen LogP contribution in [0.5, 0.6) is 0 Å². The Hall–Kier alpha value is -2.10. The zero-order valence-electron chi connectivity index (χ0n) is 14.6. The molecule has 1 atom stereocenters. The number of ether oxygens (including phenoxy) is 2. The Kier molecular flexibility index (Phi) is 21.4. The maximum atomic E-state index is 11.4. The summed E-state index contributed by atoms with van der Waals surface area (Å²) >= 11 is 0. The van der Waals surface area contributed by atoms with Gasteiger partial charge in [0.05, 0.1) is 7.11 Å². The number of rotatable bonds is 7. The van der Waals surface area contributed by atoms with Crippen LogP contribution in [0.25, 0.3) is 0 Å². The summed E-state index contributed by atoms with van der Waals surface area (Å²) in [6.45, 7) is 16.8. The third-order valence-corrected chi connectivity index (χ3v) is 2.18. The molecule has 0 aliphatic carbocycles. The monoisotopic (exact) mass is 310 g/mol. The first kappa shape index (κ1) is 24.9. The number of carbonyl (C=O) groups excluding carboxylic acids is 2. The molecule has 4 nitrogen and oxygen atoms in total. The van der Waals surface area contributed by atoms with E-state index in [0.717, 1.165) is 5.57 Å². The topological polar surface area (TPSA) is 52.6 Å². The van der Waals surface area contributed by atoms with Gasteiger partial charge in [0.25, 0.3) is 0 Å². The van der Waals surface area contributed by atoms with Gasteiger partial charge in [-0.05, 0) is 25.3 Å². The van der Waals surface area contributed by atoms with E-state index in [1.54, 1.807) is 6.08 Å². The number of methoxy groups -OCH3 is 1. The van der Waals surface area contributed by atoms with Crippen molar-refractivity contribution in [3.8, 4) is 0 Å². The van der Waals surface area contributed by atoms with Crippen LogP contribution in [0, 0.1) is 0 Å². The van der Waals surface area contributed by atoms with Gasteiger partial charge in [-0.3, -0.25) is 4.79 Å². The van der Waals surface area contributed by atoms with Gasteiger partial charge in [0.15, 0.2) is 6.10 Å². The molecular weight excluding hydrogens is 280 g/mol. The van der Waals surface area contributed by atoms with Crippen LogP contribution in [0.3, 0.4) is 0 Å². The summed E-state index contributed by atoms with van der Waals surface area (Å²) in [6, 6.07) is 0. The second-order valence-electron chi connectivity index (χ2n) is 3.64. The van der Waals surface area contributed by atoms with E-state index in [9.17, 15) is 9.59 Å². The van der Waals surface area contributed by atoms with Gasteiger partial charge in [-0.2, -0.15) is 0 Å². The van der Waals surface area contributed by atoms with E-state index in [1.807, 2.05) is 39.0 Å². The third-order valence-electron chi connectivity index (χ3n) is 2.18. The molecule has 4 heteroatoms. The maximum Gasteiger partial charge on any atom is 0.347 e. The first-order chi connectivity index (χ1) is 10.5. The first-order valence-electron chi connectivity index (χ1n) is 7.24. The lowest BCUT2D eigenvalue weighted by molar-refractivity contribution is -0.165. The van der Waals surface area contributed by atoms with Crippen molar-refractivity contribution in [2.24, 2.45) is 0 Å². The van der Waals surface area contributed by atoms with Crippen LogP contribution in [0.1, 0.15) is 40.5 Å². The quantitative estimate of drug-likeness (QED) is 0.397. The van der Waals surface area contributed by atoms with Crippen LogP contribution in [0.15, 0.2) is 49.6 Å². The average Bonchev–Trinajstić information content (AvgIpc) is 2.54. The minimum absolute atomic E-state index is 0.385. The van der Waals surface area contributed by atoms with Crippen molar-refractivity contribution in [2.45, 2.75) is 46.6 Å². The molecule has 0 aromatic heterocycles. The van der Waals surface area contributed by atoms with E-state index < -0.39 is 18.0 Å². The van der Waals surface area contributed by atoms with Crippen molar-refractivity contribution >= 4 is 11.9 Å². The Morgan fingerprint density at radius 2 is 1.77 bits per heavy atom. The molecular formula is C18H30O4. The molecule has 0 N–H and O–H groups in total. The zero-order chi connectivity index (χ0) is 18.0. The molecule has 0 fully saturated rings. The molecule has 0 heterocycles. The van der Waals surface area contributed by atoms with Gasteiger partial charge in [-0.15, -0.1) is 13.2 Å². The van der Waals surface area contributed by atoms with Crippen LogP contribution in [-0.4, -0.2) is 25.2 Å². The zero-order valence-corrected chi connectivity index (χ0v) is 14.6. The number of hydrogen-bond donors (Lipinski definition) is 0. The fraction of sp³-hybridized carbons (Fsp3) is 0.444. The van der Waals surface area contributed by atoms with Gasteiger partial charge in [0, 0.05) is 6.92 Å². The summed E-state index contributed by atoms with van der Waals surface area (Å²) < 4.78 is 9.51. The normalized spacial score (nSPS) is 11.2. The summed E-state index contributed by atoms with van der Waals surface area (Å²) in [4.78, 5) is 22.3. The molecule has 0 aromatic rings. The van der Waals surface area contributed by atoms with Gasteiger partial charge in [0.1, 0.15) is 0 Å². The minimum atomic E-state index is -0.856. The second kappa shape index (κ2) is 18.9. The van der Waals surface area contributed by atoms with E-state index in [2.05, 4.69) is 24.5 Å². The highest BCUT2D eigenvalue weighted by Crippen LogP contribution is 2.13. The standard InChI is InChI=1S/C14H20O4.C2H6.C2H4/c1-5-7-12(8-6-2)9-10-13(14(16)17-4)18-11(3)15;2*1-2/h5-8,13H,1,9-10H2,2-4H3;1-2H3;1-2H2/b8-6-,12-7+;;. The van der Waals surface area contributed by atoms with E-state index in [4.69, 9.17) is 4.74 Å². The van der Waals surface area contributed by atoms with Crippen molar-refractivity contribution in [2.75, 3.05) is 7.11 Å². The second-order valence-corrected chi connectivity index (χ2v) is 3.64. The summed E-state index contributed by atoms with van der Waals surface area (Å²) in [5, 5.41) is 0. The average molecular weight is 310 g/mol. The number of allylic oxidation sites excluding steroid dienone is 5. The molecule has 0 aliphatic rings. The van der Waals surface area contributed by atoms with Gasteiger partial charge >= 0.3 is 11.9 Å². The van der Waals surface area contributed by atoms with Crippen LogP contribution >= 0.6 is 0 Å². The molecule has 0 rings (SSSR count). The molecule has 0 saturated carbocycles. The molecule has 0 radical (unpaired) electrons. The number of hydrogen-bond acceptors (Lipinski definition) is 4. The SMILES string of the molecule is C=C.C=C/C=C(\C=C/C)CCC(OC(C)=O)C(=O)OC.CC. The number of esters is 2. The van der Waals surface area contributed by atoms with Crippen molar-refractivity contribution in [3.63, 3.8) is 0 Å². The molecule has 1 unspecified atom stereocenters. The Morgan fingerprint density at radius 1 is 1.23 bits per heavy atom. The van der Waals surface area contributed by atoms with E-state index in [0.29, 0.717) is 12.8 Å². The lowest BCUT2D eigenvalue weighted by Gasteiger charge is -2.14. The summed E-state index contributed by atoms with van der Waals surface area (Å²) in [6.07, 6.45) is 7.47. The van der Waals surface area contributed by atoms with Gasteiger partial charge < -0.3 is 9.47 Å². The molecule has 0 aromatic carbocycles. The van der Waals surface area contributed by atoms with Crippen LogP contribution < -0.4 is 0 Å². The van der Waals surface area contributed by atoms with Gasteiger partial charge in [0.2, 0.25) is 0 Å². The Labute approximate surface area is 135 Å². The van der Waals surface area contributed by atoms with Crippen molar-refractivity contribution in [1.29, 1.82) is 0 Å². The summed E-state index contributed by atoms with van der Waals surface area (Å²) in [5.41, 5.74) is 1.01. The lowest BCUT2D eigenvalue weighted by Crippen LogP contribution is -2.27. The fourth-order valence-electron chi connectivity index (χ4n) is 1.44. The van der Waals surface area contributed by atoms with E-state index in [1.165, 1.54) is 14.0 Å². The Balaban J connectivity index is -0.000000826. The van der Waals surface area contributed by atoms with E-state index in [-0.39, 0.29) is 0 Å². The smallest absolute Gasteiger partial charge is 0.347 e. The molecule has 126 valence electrons. The summed E-state index contributed by atoms with van der Waals surface area (Å²) in [5.74, 6) is -1.03. The predicted octanol–water partition coefficient (Wildman–Crippen LogP) is 4.39. The molecule has 0 saturated heterocycles. The van der Waals surface area contributed by atoms with Gasteiger partial charge in [-0.1, -0.05) is 44.7 Å². The minimum Gasteiger partial charge on any atom is -0.466 e. The third kappa shape index (κ3) is 14.3. The van der Waals surface area contributed by atoms with Crippen LogP contribution in [0.2, 0.25) is 0 Å². The highest BCUT2D eigenvalue weighted by Gasteiger charge is 2.21. The molecule has 22 heavy (non-hydrogen) atoms. The lowest BCUT2D eigenvalue weighted by atomic mass is 10.1. The van der Waals surface area contributed by atoms with Crippen LogP contribution in [-0.2, 0) is 19.1 Å². The highest BCUT2D eigenvalue weighted by atomic mass is 16.6. The maximum absolute atomic E-state index is 11.4. The Morgan fingerprint density at radius 3 is 2.14 bits per heavy atom. The van der Waals surface area contributed by atoms with Crippen molar-refractivity contribution < 1.29 is 19.1 Å². The Bertz CT molecular complexity index is 367. The fourth-order valence-corrected chi connectivity index (χ4v) is 1.44. The molecule has 0 amide bonds. The summed E-state index contributed by atoms with van der Waals surface area (Å²) in [7, 11) is 1.27. The largest absolute Gasteiger partial charge is 0.466 e. The highest BCUT2D eigenvalue weighted by molar-refractivity contribution is 5.78. The predicted molar refractivity (Wildman–Crippen MR) is 92.5 cm³/mol. The van der Waals surface area contributed by atoms with Crippen LogP contribution in [0.4, 0.5) is 0 Å². The number of carbonyl (C=O) groups is 2. The van der Waals surface area contributed by atoms with E-state index >= 15 is 0 Å². The van der Waals surface area contributed by atoms with Gasteiger partial charge in [-0.25, -0.2) is 4.79 Å². The first-order valence-corrected chi connectivity index (χ1v) is 7.24. The molecule has 0 bridgehead atoms. The molecule has 0 spiro atoms. The van der Waals surface area contributed by atoms with Crippen molar-refractivity contribution in [3.05, 3.63) is 49.6 Å².